The minimum absolute atomic E-state index is 0.0916. The second-order valence-corrected chi connectivity index (χ2v) is 6.08. The fourth-order valence-corrected chi connectivity index (χ4v) is 3.80. The first-order valence-electron chi connectivity index (χ1n) is 6.58. The van der Waals surface area contributed by atoms with Crippen LogP contribution in [-0.2, 0) is 17.6 Å². The predicted octanol–water partition coefficient (Wildman–Crippen LogP) is 1.88. The fraction of sp³-hybridized carbons (Fsp3) is 0.692. The van der Waals surface area contributed by atoms with E-state index >= 15 is 0 Å². The van der Waals surface area contributed by atoms with Crippen LogP contribution in [-0.4, -0.2) is 42.1 Å². The van der Waals surface area contributed by atoms with Crippen molar-refractivity contribution in [1.82, 2.24) is 9.88 Å². The summed E-state index contributed by atoms with van der Waals surface area (Å²) in [6.07, 6.45) is 5.72. The summed E-state index contributed by atoms with van der Waals surface area (Å²) in [5.41, 5.74) is 1.16. The minimum Gasteiger partial charge on any atom is -0.380 e. The molecule has 0 N–H and O–H groups in total. The molecule has 1 amide bonds. The van der Waals surface area contributed by atoms with Crippen molar-refractivity contribution in [3.8, 4) is 0 Å². The first-order chi connectivity index (χ1) is 8.78. The number of hydrogen-bond donors (Lipinski definition) is 0. The van der Waals surface area contributed by atoms with Crippen LogP contribution in [0.5, 0.6) is 0 Å². The summed E-state index contributed by atoms with van der Waals surface area (Å²) in [5.74, 6) is 0.0916. The topological polar surface area (TPSA) is 42.4 Å². The van der Waals surface area contributed by atoms with Crippen molar-refractivity contribution >= 4 is 17.2 Å². The van der Waals surface area contributed by atoms with Gasteiger partial charge in [0.25, 0.3) is 5.91 Å². The minimum atomic E-state index is 0.0916. The number of carbonyl (C=O) groups excluding carboxylic acids is 1. The lowest BCUT2D eigenvalue weighted by Crippen LogP contribution is -2.29. The van der Waals surface area contributed by atoms with Crippen LogP contribution in [0.2, 0.25) is 0 Å². The highest BCUT2D eigenvalue weighted by atomic mass is 32.1. The van der Waals surface area contributed by atoms with E-state index in [1.807, 2.05) is 4.90 Å². The average Bonchev–Trinajstić information content (AvgIpc) is 3.04. The van der Waals surface area contributed by atoms with Gasteiger partial charge in [-0.05, 0) is 32.1 Å². The Hall–Kier alpha value is -0.940. The van der Waals surface area contributed by atoms with Gasteiger partial charge in [0, 0.05) is 25.1 Å². The number of nitrogens with zero attached hydrogens (tertiary/aromatic N) is 2. The molecule has 0 aromatic carbocycles. The molecule has 1 aromatic rings. The summed E-state index contributed by atoms with van der Waals surface area (Å²) < 4.78 is 5.30. The molecule has 2 heterocycles. The van der Waals surface area contributed by atoms with Crippen molar-refractivity contribution in [2.75, 3.05) is 20.2 Å². The van der Waals surface area contributed by atoms with Crippen LogP contribution in [0.4, 0.5) is 0 Å². The summed E-state index contributed by atoms with van der Waals surface area (Å²) in [4.78, 5) is 20.1. The molecule has 1 aliphatic heterocycles. The number of ether oxygens (including phenoxy) is 1. The van der Waals surface area contributed by atoms with Crippen LogP contribution in [0, 0.1) is 0 Å². The van der Waals surface area contributed by atoms with Crippen molar-refractivity contribution in [3.63, 3.8) is 0 Å². The lowest BCUT2D eigenvalue weighted by atomic mass is 10.0. The van der Waals surface area contributed by atoms with Crippen LogP contribution >= 0.6 is 11.3 Å². The highest BCUT2D eigenvalue weighted by Gasteiger charge is 2.29. The molecule has 0 saturated carbocycles. The van der Waals surface area contributed by atoms with Gasteiger partial charge in [-0.25, -0.2) is 4.98 Å². The molecule has 1 atom stereocenters. The van der Waals surface area contributed by atoms with Crippen LogP contribution in [0.25, 0.3) is 0 Å². The average molecular weight is 266 g/mol. The first kappa shape index (κ1) is 12.1. The van der Waals surface area contributed by atoms with E-state index in [4.69, 9.17) is 4.74 Å². The molecule has 1 fully saturated rings. The maximum Gasteiger partial charge on any atom is 0.282 e. The molecule has 0 bridgehead atoms. The van der Waals surface area contributed by atoms with Gasteiger partial charge in [-0.3, -0.25) is 4.79 Å². The predicted molar refractivity (Wildman–Crippen MR) is 70.1 cm³/mol. The number of thiazole rings is 1. The first-order valence-corrected chi connectivity index (χ1v) is 7.40. The summed E-state index contributed by atoms with van der Waals surface area (Å²) in [7, 11) is 1.71. The molecule has 1 aromatic heterocycles. The van der Waals surface area contributed by atoms with Crippen molar-refractivity contribution in [2.45, 2.75) is 38.2 Å². The zero-order valence-corrected chi connectivity index (χ0v) is 11.5. The Balaban J connectivity index is 1.74. The second kappa shape index (κ2) is 4.97. The van der Waals surface area contributed by atoms with E-state index in [0.29, 0.717) is 11.6 Å². The smallest absolute Gasteiger partial charge is 0.282 e. The van der Waals surface area contributed by atoms with Gasteiger partial charge in [-0.1, -0.05) is 0 Å². The van der Waals surface area contributed by atoms with Crippen LogP contribution in [0.1, 0.15) is 39.6 Å². The third-order valence-electron chi connectivity index (χ3n) is 3.79. The Morgan fingerprint density at radius 2 is 2.28 bits per heavy atom. The summed E-state index contributed by atoms with van der Waals surface area (Å²) in [6, 6.07) is 0. The molecule has 3 rings (SSSR count). The number of likely N-dealkylation sites (tertiary alicyclic amines) is 1. The van der Waals surface area contributed by atoms with Crippen LogP contribution < -0.4 is 0 Å². The number of rotatable bonds is 2. The third kappa shape index (κ3) is 2.17. The normalized spacial score (nSPS) is 23.2. The van der Waals surface area contributed by atoms with E-state index in [1.165, 1.54) is 17.7 Å². The Bertz CT molecular complexity index is 434. The number of aromatic nitrogens is 1. The molecular weight excluding hydrogens is 248 g/mol. The monoisotopic (exact) mass is 266 g/mol. The molecule has 0 radical (unpaired) electrons. The molecule has 1 aliphatic carbocycles. The van der Waals surface area contributed by atoms with Crippen LogP contribution in [0.3, 0.4) is 0 Å². The van der Waals surface area contributed by atoms with Crippen molar-refractivity contribution in [1.29, 1.82) is 0 Å². The van der Waals surface area contributed by atoms with Gasteiger partial charge < -0.3 is 9.64 Å². The number of amides is 1. The Kier molecular flexibility index (Phi) is 3.35. The van der Waals surface area contributed by atoms with E-state index < -0.39 is 0 Å². The molecule has 18 heavy (non-hydrogen) atoms. The zero-order chi connectivity index (χ0) is 12.5. The molecule has 4 nitrogen and oxygen atoms in total. The van der Waals surface area contributed by atoms with Crippen LogP contribution in [0.15, 0.2) is 0 Å². The Labute approximate surface area is 111 Å². The Morgan fingerprint density at radius 3 is 3.00 bits per heavy atom. The lowest BCUT2D eigenvalue weighted by molar-refractivity contribution is 0.0723. The molecule has 1 saturated heterocycles. The number of aryl methyl sites for hydroxylation is 2. The molecule has 98 valence electrons. The van der Waals surface area contributed by atoms with Gasteiger partial charge in [0.05, 0.1) is 11.8 Å². The highest BCUT2D eigenvalue weighted by Crippen LogP contribution is 2.28. The van der Waals surface area contributed by atoms with Gasteiger partial charge in [-0.15, -0.1) is 11.3 Å². The number of fused-ring (bicyclic) bond motifs is 1. The SMILES string of the molecule is COC1CCN(C(=O)c2nc3c(s2)CCCC3)C1. The molecule has 1 unspecified atom stereocenters. The standard InChI is InChI=1S/C13H18N2O2S/c1-17-9-6-7-15(8-9)13(16)12-14-10-4-2-3-5-11(10)18-12/h9H,2-8H2,1H3. The van der Waals surface area contributed by atoms with Gasteiger partial charge in [-0.2, -0.15) is 0 Å². The van der Waals surface area contributed by atoms with E-state index in [0.717, 1.165) is 31.5 Å². The van der Waals surface area contributed by atoms with Gasteiger partial charge in [0.1, 0.15) is 0 Å². The molecular formula is C13H18N2O2S. The fourth-order valence-electron chi connectivity index (χ4n) is 2.68. The van der Waals surface area contributed by atoms with E-state index in [-0.39, 0.29) is 12.0 Å². The third-order valence-corrected chi connectivity index (χ3v) is 4.94. The quantitative estimate of drug-likeness (QED) is 0.821. The number of hydrogen-bond acceptors (Lipinski definition) is 4. The van der Waals surface area contributed by atoms with Gasteiger partial charge in [0.15, 0.2) is 5.01 Å². The molecule has 2 aliphatic rings. The Morgan fingerprint density at radius 1 is 1.44 bits per heavy atom. The van der Waals surface area contributed by atoms with Gasteiger partial charge in [0.2, 0.25) is 0 Å². The lowest BCUT2D eigenvalue weighted by Gasteiger charge is -2.14. The number of carbonyl (C=O) groups is 1. The van der Waals surface area contributed by atoms with E-state index in [1.54, 1.807) is 18.4 Å². The summed E-state index contributed by atoms with van der Waals surface area (Å²) in [6.45, 7) is 1.50. The summed E-state index contributed by atoms with van der Waals surface area (Å²) in [5, 5.41) is 0.679. The maximum atomic E-state index is 12.3. The largest absolute Gasteiger partial charge is 0.380 e. The zero-order valence-electron chi connectivity index (χ0n) is 10.6. The van der Waals surface area contributed by atoms with Crippen molar-refractivity contribution in [3.05, 3.63) is 15.6 Å². The maximum absolute atomic E-state index is 12.3. The summed E-state index contributed by atoms with van der Waals surface area (Å²) >= 11 is 1.60. The molecule has 5 heteroatoms. The second-order valence-electron chi connectivity index (χ2n) is 4.99. The van der Waals surface area contributed by atoms with E-state index in [9.17, 15) is 4.79 Å². The number of methoxy groups -OCH3 is 1. The van der Waals surface area contributed by atoms with Gasteiger partial charge >= 0.3 is 0 Å². The van der Waals surface area contributed by atoms with E-state index in [2.05, 4.69) is 4.98 Å². The van der Waals surface area contributed by atoms with Crippen molar-refractivity contribution in [2.24, 2.45) is 0 Å². The molecule has 0 spiro atoms. The van der Waals surface area contributed by atoms with Crippen molar-refractivity contribution < 1.29 is 9.53 Å². The highest BCUT2D eigenvalue weighted by molar-refractivity contribution is 7.13.